The number of pyridine rings is 1. The van der Waals surface area contributed by atoms with E-state index >= 15 is 0 Å². The van der Waals surface area contributed by atoms with E-state index in [0.717, 1.165) is 0 Å². The summed E-state index contributed by atoms with van der Waals surface area (Å²) in [6, 6.07) is 3.48. The number of hydrogen-bond donors (Lipinski definition) is 0. The maximum atomic E-state index is 10.8. The number of nitriles is 1. The molecule has 1 heterocycles. The van der Waals surface area contributed by atoms with E-state index in [1.54, 1.807) is 6.07 Å². The van der Waals surface area contributed by atoms with Crippen LogP contribution in [-0.2, 0) is 5.41 Å². The Hall–Kier alpha value is -1.40. The first-order valence-corrected chi connectivity index (χ1v) is 4.84. The van der Waals surface area contributed by atoms with Crippen molar-refractivity contribution < 1.29 is 4.79 Å². The summed E-state index contributed by atoms with van der Waals surface area (Å²) in [6.07, 6.45) is 0.626. The Bertz CT molecular complexity index is 441. The van der Waals surface area contributed by atoms with Crippen LogP contribution in [-0.4, -0.2) is 11.3 Å². The first-order chi connectivity index (χ1) is 6.90. The summed E-state index contributed by atoms with van der Waals surface area (Å²) in [5.41, 5.74) is 0.936. The smallest absolute Gasteiger partial charge is 0.151 e. The fourth-order valence-electron chi connectivity index (χ4n) is 1.12. The van der Waals surface area contributed by atoms with Gasteiger partial charge in [0.25, 0.3) is 0 Å². The fourth-order valence-corrected chi connectivity index (χ4v) is 1.36. The van der Waals surface area contributed by atoms with Crippen LogP contribution in [0.25, 0.3) is 0 Å². The summed E-state index contributed by atoms with van der Waals surface area (Å²) in [5, 5.41) is 8.88. The van der Waals surface area contributed by atoms with Crippen LogP contribution in [0, 0.1) is 11.3 Å². The van der Waals surface area contributed by atoms with E-state index in [0.29, 0.717) is 17.5 Å². The Morgan fingerprint density at radius 1 is 1.53 bits per heavy atom. The lowest BCUT2D eigenvalue weighted by atomic mass is 9.90. The molecule has 1 rings (SSSR count). The summed E-state index contributed by atoms with van der Waals surface area (Å²) >= 11 is 5.83. The Balaban J connectivity index is 3.47. The SMILES string of the molecule is CC(C)(C)c1cc(C=O)c(C#N)c(Cl)n1. The van der Waals surface area contributed by atoms with Gasteiger partial charge < -0.3 is 0 Å². The van der Waals surface area contributed by atoms with Gasteiger partial charge in [-0.1, -0.05) is 32.4 Å². The average Bonchev–Trinajstić information content (AvgIpc) is 2.15. The molecule has 0 spiro atoms. The van der Waals surface area contributed by atoms with Gasteiger partial charge in [-0.3, -0.25) is 4.79 Å². The zero-order chi connectivity index (χ0) is 11.6. The first-order valence-electron chi connectivity index (χ1n) is 4.46. The minimum Gasteiger partial charge on any atom is -0.298 e. The lowest BCUT2D eigenvalue weighted by Gasteiger charge is -2.18. The molecule has 1 aromatic rings. The van der Waals surface area contributed by atoms with E-state index < -0.39 is 0 Å². The molecule has 0 atom stereocenters. The van der Waals surface area contributed by atoms with Crippen molar-refractivity contribution in [1.82, 2.24) is 4.98 Å². The number of halogens is 1. The molecule has 0 saturated carbocycles. The molecule has 0 fully saturated rings. The quantitative estimate of drug-likeness (QED) is 0.542. The number of rotatable bonds is 1. The average molecular weight is 223 g/mol. The van der Waals surface area contributed by atoms with Gasteiger partial charge >= 0.3 is 0 Å². The van der Waals surface area contributed by atoms with Crippen LogP contribution >= 0.6 is 11.6 Å². The van der Waals surface area contributed by atoms with Gasteiger partial charge in [-0.15, -0.1) is 0 Å². The van der Waals surface area contributed by atoms with Crippen LogP contribution in [0.5, 0.6) is 0 Å². The fraction of sp³-hybridized carbons (Fsp3) is 0.364. The molecule has 0 unspecified atom stereocenters. The van der Waals surface area contributed by atoms with Crippen molar-refractivity contribution in [2.45, 2.75) is 26.2 Å². The molecule has 0 bridgehead atoms. The van der Waals surface area contributed by atoms with Gasteiger partial charge in [-0.2, -0.15) is 5.26 Å². The highest BCUT2D eigenvalue weighted by Crippen LogP contribution is 2.25. The standard InChI is InChI=1S/C11H11ClN2O/c1-11(2,3)9-4-7(6-15)8(5-13)10(12)14-9/h4,6H,1-3H3. The van der Waals surface area contributed by atoms with Gasteiger partial charge in [0.15, 0.2) is 6.29 Å². The predicted molar refractivity (Wildman–Crippen MR) is 58.0 cm³/mol. The summed E-state index contributed by atoms with van der Waals surface area (Å²) in [4.78, 5) is 14.9. The van der Waals surface area contributed by atoms with Crippen molar-refractivity contribution in [3.05, 3.63) is 28.0 Å². The zero-order valence-corrected chi connectivity index (χ0v) is 9.59. The van der Waals surface area contributed by atoms with E-state index in [-0.39, 0.29) is 16.1 Å². The minimum absolute atomic E-state index is 0.0898. The predicted octanol–water partition coefficient (Wildman–Crippen LogP) is 2.72. The summed E-state index contributed by atoms with van der Waals surface area (Å²) in [7, 11) is 0. The van der Waals surface area contributed by atoms with E-state index in [2.05, 4.69) is 4.98 Å². The van der Waals surface area contributed by atoms with Crippen molar-refractivity contribution in [3.63, 3.8) is 0 Å². The molecule has 0 aliphatic heterocycles. The van der Waals surface area contributed by atoms with Gasteiger partial charge in [0, 0.05) is 16.7 Å². The minimum atomic E-state index is -0.199. The van der Waals surface area contributed by atoms with Crippen LogP contribution < -0.4 is 0 Å². The van der Waals surface area contributed by atoms with Crippen LogP contribution in [0.15, 0.2) is 6.07 Å². The van der Waals surface area contributed by atoms with Gasteiger partial charge in [-0.25, -0.2) is 4.98 Å². The van der Waals surface area contributed by atoms with E-state index in [1.165, 1.54) is 0 Å². The molecule has 0 aliphatic carbocycles. The Morgan fingerprint density at radius 3 is 2.53 bits per heavy atom. The monoisotopic (exact) mass is 222 g/mol. The van der Waals surface area contributed by atoms with Crippen molar-refractivity contribution in [1.29, 1.82) is 5.26 Å². The number of carbonyl (C=O) groups is 1. The molecule has 3 nitrogen and oxygen atoms in total. The lowest BCUT2D eigenvalue weighted by molar-refractivity contribution is 0.112. The molecule has 15 heavy (non-hydrogen) atoms. The second kappa shape index (κ2) is 4.00. The largest absolute Gasteiger partial charge is 0.298 e. The van der Waals surface area contributed by atoms with E-state index in [4.69, 9.17) is 16.9 Å². The van der Waals surface area contributed by atoms with Crippen molar-refractivity contribution in [2.24, 2.45) is 0 Å². The molecule has 0 saturated heterocycles. The molecular weight excluding hydrogens is 212 g/mol. The molecular formula is C11H11ClN2O. The van der Waals surface area contributed by atoms with Crippen LogP contribution in [0.4, 0.5) is 0 Å². The van der Waals surface area contributed by atoms with Gasteiger partial charge in [-0.05, 0) is 6.07 Å². The maximum Gasteiger partial charge on any atom is 0.151 e. The summed E-state index contributed by atoms with van der Waals surface area (Å²) < 4.78 is 0. The lowest BCUT2D eigenvalue weighted by Crippen LogP contribution is -2.14. The second-order valence-electron chi connectivity index (χ2n) is 4.24. The van der Waals surface area contributed by atoms with Gasteiger partial charge in [0.1, 0.15) is 11.2 Å². The zero-order valence-electron chi connectivity index (χ0n) is 8.84. The van der Waals surface area contributed by atoms with Crippen molar-refractivity contribution in [3.8, 4) is 6.07 Å². The number of hydrogen-bond acceptors (Lipinski definition) is 3. The molecule has 0 N–H and O–H groups in total. The number of carbonyl (C=O) groups excluding carboxylic acids is 1. The first kappa shape index (κ1) is 11.7. The molecule has 0 aliphatic rings. The van der Waals surface area contributed by atoms with E-state index in [9.17, 15) is 4.79 Å². The number of aromatic nitrogens is 1. The van der Waals surface area contributed by atoms with Crippen LogP contribution in [0.1, 0.15) is 42.4 Å². The molecule has 1 aromatic heterocycles. The second-order valence-corrected chi connectivity index (χ2v) is 4.60. The summed E-state index contributed by atoms with van der Waals surface area (Å²) in [6.45, 7) is 5.89. The molecule has 78 valence electrons. The third-order valence-corrected chi connectivity index (χ3v) is 2.29. The van der Waals surface area contributed by atoms with Crippen LogP contribution in [0.3, 0.4) is 0 Å². The Morgan fingerprint density at radius 2 is 2.13 bits per heavy atom. The maximum absolute atomic E-state index is 10.8. The summed E-state index contributed by atoms with van der Waals surface area (Å²) in [5.74, 6) is 0. The van der Waals surface area contributed by atoms with E-state index in [1.807, 2.05) is 26.8 Å². The Kier molecular flexibility index (Phi) is 3.11. The van der Waals surface area contributed by atoms with Crippen molar-refractivity contribution >= 4 is 17.9 Å². The molecule has 4 heteroatoms. The third-order valence-electron chi connectivity index (χ3n) is 2.01. The van der Waals surface area contributed by atoms with Crippen LogP contribution in [0.2, 0.25) is 5.15 Å². The third kappa shape index (κ3) is 2.34. The molecule has 0 aromatic carbocycles. The highest BCUT2D eigenvalue weighted by molar-refractivity contribution is 6.30. The van der Waals surface area contributed by atoms with Crippen molar-refractivity contribution in [2.75, 3.05) is 0 Å². The highest BCUT2D eigenvalue weighted by Gasteiger charge is 2.19. The number of nitrogens with zero attached hydrogens (tertiary/aromatic N) is 2. The van der Waals surface area contributed by atoms with Gasteiger partial charge in [0.05, 0.1) is 5.56 Å². The number of aldehydes is 1. The highest BCUT2D eigenvalue weighted by atomic mass is 35.5. The topological polar surface area (TPSA) is 53.8 Å². The molecule has 0 radical (unpaired) electrons. The molecule has 0 amide bonds. The normalized spacial score (nSPS) is 10.9. The Labute approximate surface area is 93.7 Å². The van der Waals surface area contributed by atoms with Gasteiger partial charge in [0.2, 0.25) is 0 Å².